The summed E-state index contributed by atoms with van der Waals surface area (Å²) in [4.78, 5) is 11.7. The van der Waals surface area contributed by atoms with Crippen molar-refractivity contribution in [3.63, 3.8) is 0 Å². The molecular weight excluding hydrogens is 302 g/mol. The van der Waals surface area contributed by atoms with Gasteiger partial charge < -0.3 is 16.0 Å². The summed E-state index contributed by atoms with van der Waals surface area (Å²) in [7, 11) is 0. The highest BCUT2D eigenvalue weighted by molar-refractivity contribution is 5.87. The van der Waals surface area contributed by atoms with Crippen LogP contribution in [-0.2, 0) is 0 Å². The Hall–Kier alpha value is -3.35. The lowest BCUT2D eigenvalue weighted by atomic mass is 10.2. The highest BCUT2D eigenvalue weighted by Crippen LogP contribution is 2.21. The van der Waals surface area contributed by atoms with Gasteiger partial charge in [-0.05, 0) is 50.2 Å². The van der Waals surface area contributed by atoms with E-state index >= 15 is 0 Å². The maximum Gasteiger partial charge on any atom is 0.231 e. The number of fused-ring (bicyclic) bond motifs is 1. The van der Waals surface area contributed by atoms with Crippen molar-refractivity contribution in [2.75, 3.05) is 11.1 Å². The second-order valence-corrected chi connectivity index (χ2v) is 5.68. The second-order valence-electron chi connectivity index (χ2n) is 5.68. The van der Waals surface area contributed by atoms with Crippen molar-refractivity contribution in [2.24, 2.45) is 0 Å². The molecule has 4 N–H and O–H groups in total. The lowest BCUT2D eigenvalue weighted by Crippen LogP contribution is -2.02. The van der Waals surface area contributed by atoms with Gasteiger partial charge in [0.25, 0.3) is 0 Å². The molecule has 0 aliphatic heterocycles. The summed E-state index contributed by atoms with van der Waals surface area (Å²) in [5, 5.41) is 8.48. The van der Waals surface area contributed by atoms with Gasteiger partial charge in [0.1, 0.15) is 11.5 Å². The molecule has 4 aromatic rings. The van der Waals surface area contributed by atoms with E-state index in [2.05, 4.69) is 25.4 Å². The number of aryl methyl sites for hydroxylation is 2. The normalized spacial score (nSPS) is 11.1. The van der Waals surface area contributed by atoms with E-state index in [1.165, 1.54) is 0 Å². The van der Waals surface area contributed by atoms with Gasteiger partial charge in [0.15, 0.2) is 0 Å². The molecule has 0 amide bonds. The van der Waals surface area contributed by atoms with Gasteiger partial charge in [-0.3, -0.25) is 0 Å². The number of anilines is 3. The van der Waals surface area contributed by atoms with Gasteiger partial charge in [-0.15, -0.1) is 0 Å². The molecule has 7 nitrogen and oxygen atoms in total. The first-order valence-corrected chi connectivity index (χ1v) is 7.61. The molecule has 0 atom stereocenters. The molecule has 0 unspecified atom stereocenters. The molecule has 0 bridgehead atoms. The fraction of sp³-hybridized carbons (Fsp3) is 0.118. The van der Waals surface area contributed by atoms with Crippen molar-refractivity contribution >= 4 is 28.5 Å². The number of hydrogen-bond donors (Lipinski definition) is 3. The molecule has 1 aromatic carbocycles. The van der Waals surface area contributed by atoms with E-state index in [0.29, 0.717) is 17.4 Å². The third-order valence-electron chi connectivity index (χ3n) is 3.82. The van der Waals surface area contributed by atoms with Crippen molar-refractivity contribution in [1.82, 2.24) is 24.7 Å². The van der Waals surface area contributed by atoms with Gasteiger partial charge in [-0.25, -0.2) is 4.68 Å². The number of aromatic nitrogens is 5. The lowest BCUT2D eigenvalue weighted by Gasteiger charge is -2.08. The molecular formula is C17H17N7. The van der Waals surface area contributed by atoms with E-state index in [-0.39, 0.29) is 0 Å². The summed E-state index contributed by atoms with van der Waals surface area (Å²) < 4.78 is 1.92. The highest BCUT2D eigenvalue weighted by atomic mass is 15.3. The molecule has 24 heavy (non-hydrogen) atoms. The zero-order valence-corrected chi connectivity index (χ0v) is 13.4. The maximum absolute atomic E-state index is 5.95. The molecule has 0 radical (unpaired) electrons. The average Bonchev–Trinajstić information content (AvgIpc) is 3.14. The van der Waals surface area contributed by atoms with Crippen LogP contribution in [0.4, 0.5) is 17.5 Å². The Morgan fingerprint density at radius 1 is 1.08 bits per heavy atom. The smallest absolute Gasteiger partial charge is 0.231 e. The number of benzene rings is 1. The van der Waals surface area contributed by atoms with Crippen molar-refractivity contribution in [1.29, 1.82) is 0 Å². The molecule has 0 fully saturated rings. The van der Waals surface area contributed by atoms with Crippen molar-refractivity contribution in [3.05, 3.63) is 54.0 Å². The molecule has 0 aliphatic rings. The zero-order valence-electron chi connectivity index (χ0n) is 13.4. The monoisotopic (exact) mass is 319 g/mol. The largest absolute Gasteiger partial charge is 0.383 e. The van der Waals surface area contributed by atoms with Crippen molar-refractivity contribution in [3.8, 4) is 5.69 Å². The fourth-order valence-corrected chi connectivity index (χ4v) is 2.73. The predicted octanol–water partition coefficient (Wildman–Crippen LogP) is 3.09. The lowest BCUT2D eigenvalue weighted by molar-refractivity contribution is 0.834. The van der Waals surface area contributed by atoms with E-state index in [9.17, 15) is 0 Å². The van der Waals surface area contributed by atoms with Crippen LogP contribution in [-0.4, -0.2) is 24.7 Å². The number of nitrogens with one attached hydrogen (secondary N) is 2. The van der Waals surface area contributed by atoms with Crippen LogP contribution in [0.3, 0.4) is 0 Å². The summed E-state index contributed by atoms with van der Waals surface area (Å²) in [6.45, 7) is 4.02. The van der Waals surface area contributed by atoms with Crippen LogP contribution in [0, 0.1) is 13.8 Å². The Balaban J connectivity index is 1.61. The van der Waals surface area contributed by atoms with Crippen molar-refractivity contribution < 1.29 is 0 Å². The van der Waals surface area contributed by atoms with Gasteiger partial charge in [-0.2, -0.15) is 15.1 Å². The molecule has 0 saturated heterocycles. The van der Waals surface area contributed by atoms with Crippen LogP contribution in [0.5, 0.6) is 0 Å². The van der Waals surface area contributed by atoms with E-state index < -0.39 is 0 Å². The molecule has 7 heteroatoms. The van der Waals surface area contributed by atoms with Gasteiger partial charge in [0, 0.05) is 17.6 Å². The number of nitrogens with two attached hydrogens (primary N) is 1. The number of nitrogen functional groups attached to an aromatic ring is 1. The van der Waals surface area contributed by atoms with Crippen LogP contribution in [0.2, 0.25) is 0 Å². The van der Waals surface area contributed by atoms with Gasteiger partial charge >= 0.3 is 0 Å². The highest BCUT2D eigenvalue weighted by Gasteiger charge is 2.07. The Kier molecular flexibility index (Phi) is 3.19. The third-order valence-corrected chi connectivity index (χ3v) is 3.82. The first-order valence-electron chi connectivity index (χ1n) is 7.61. The van der Waals surface area contributed by atoms with Crippen LogP contribution in [0.1, 0.15) is 11.4 Å². The molecule has 0 spiro atoms. The van der Waals surface area contributed by atoms with Crippen LogP contribution < -0.4 is 11.1 Å². The first-order chi connectivity index (χ1) is 11.6. The third kappa shape index (κ3) is 2.45. The molecule has 120 valence electrons. The minimum Gasteiger partial charge on any atom is -0.383 e. The predicted molar refractivity (Wildman–Crippen MR) is 94.6 cm³/mol. The molecule has 3 heterocycles. The summed E-state index contributed by atoms with van der Waals surface area (Å²) >= 11 is 0. The topological polar surface area (TPSA) is 97.4 Å². The summed E-state index contributed by atoms with van der Waals surface area (Å²) in [5.41, 5.74) is 10.6. The van der Waals surface area contributed by atoms with E-state index in [4.69, 9.17) is 5.73 Å². The number of hydrogen-bond acceptors (Lipinski definition) is 5. The molecule has 4 rings (SSSR count). The molecule has 0 aliphatic carbocycles. The Morgan fingerprint density at radius 2 is 1.88 bits per heavy atom. The van der Waals surface area contributed by atoms with Crippen LogP contribution in [0.25, 0.3) is 16.7 Å². The molecule has 0 saturated carbocycles. The number of nitrogens with zero attached hydrogens (tertiary/aromatic N) is 4. The second kappa shape index (κ2) is 5.38. The Bertz CT molecular complexity index is 1010. The average molecular weight is 319 g/mol. The van der Waals surface area contributed by atoms with Gasteiger partial charge in [0.2, 0.25) is 5.95 Å². The van der Waals surface area contributed by atoms with E-state index in [1.807, 2.05) is 54.9 Å². The first kappa shape index (κ1) is 14.3. The van der Waals surface area contributed by atoms with E-state index in [0.717, 1.165) is 28.1 Å². The summed E-state index contributed by atoms with van der Waals surface area (Å²) in [6.07, 6.45) is 1.79. The SMILES string of the molecule is Cc1cc(C)n(-c2ccc(Nc3nc(N)c4cc[nH]c4n3)cc2)n1. The van der Waals surface area contributed by atoms with Crippen LogP contribution in [0.15, 0.2) is 42.6 Å². The minimum absolute atomic E-state index is 0.447. The van der Waals surface area contributed by atoms with Gasteiger partial charge in [-0.1, -0.05) is 0 Å². The standard InChI is InChI=1S/C17H17N7/c1-10-9-11(2)24(23-10)13-5-3-12(4-6-13)20-17-21-15(18)14-7-8-19-16(14)22-17/h3-9H,1-2H3,(H4,18,19,20,21,22). The minimum atomic E-state index is 0.447. The number of aromatic amines is 1. The fourth-order valence-electron chi connectivity index (χ4n) is 2.73. The Labute approximate surface area is 138 Å². The number of rotatable bonds is 3. The quantitative estimate of drug-likeness (QED) is 0.539. The van der Waals surface area contributed by atoms with E-state index in [1.54, 1.807) is 6.20 Å². The maximum atomic E-state index is 5.95. The van der Waals surface area contributed by atoms with Crippen LogP contribution >= 0.6 is 0 Å². The number of H-pyrrole nitrogens is 1. The van der Waals surface area contributed by atoms with Crippen molar-refractivity contribution in [2.45, 2.75) is 13.8 Å². The Morgan fingerprint density at radius 3 is 2.58 bits per heavy atom. The zero-order chi connectivity index (χ0) is 16.7. The molecule has 3 aromatic heterocycles. The summed E-state index contributed by atoms with van der Waals surface area (Å²) in [5.74, 6) is 0.907. The van der Waals surface area contributed by atoms with Gasteiger partial charge in [0.05, 0.1) is 16.8 Å². The summed E-state index contributed by atoms with van der Waals surface area (Å²) in [6, 6.07) is 11.8.